The number of nitrogens with two attached hydrogens (primary N) is 1. The standard InChI is InChI=1S/C68H91FN12O17/c1-5-48-50-37-57-62-51(41-81(57)66(86)52(50)42-98-67(48)87)60-54(13-12-49-44(4)53(69)38-56(75-62)59(49)60)76-63(83)46-14-18-80(40-46)39-45-8-10-47(11-9-45)74-64(84)55(7-6-16-72-68(70)88)77-65(85)61(43(2)3)78-58(82)15-19-89-21-23-91-25-27-93-29-31-95-33-35-97-36-34-96-32-30-94-28-26-92-24-22-90-20-17-73-79-71/h8-11,14,18,37-38,40,43,48,54-55,61H,5-7,12-13,15-17,19-36,39,41-42H2,1-4H3,(H,74,84)(H,76,83)(H,77,85)(H,78,82)(H3,70,72,88)/t48-,54+,55+,61+/m1/s1. The minimum Gasteiger partial charge on any atom is -0.460 e. The van der Waals surface area contributed by atoms with E-state index in [2.05, 4.69) is 36.6 Å². The van der Waals surface area contributed by atoms with Crippen molar-refractivity contribution in [3.8, 4) is 11.4 Å². The summed E-state index contributed by atoms with van der Waals surface area (Å²) in [7, 11) is 0. The molecule has 0 radical (unpaired) electrons. The Kier molecular flexibility index (Phi) is 30.2. The summed E-state index contributed by atoms with van der Waals surface area (Å²) >= 11 is 0. The zero-order valence-corrected chi connectivity index (χ0v) is 56.2. The Morgan fingerprint density at radius 2 is 1.39 bits per heavy atom. The van der Waals surface area contributed by atoms with Gasteiger partial charge in [0.1, 0.15) is 24.5 Å². The van der Waals surface area contributed by atoms with E-state index >= 15 is 4.39 Å². The fourth-order valence-electron chi connectivity index (χ4n) is 11.8. The van der Waals surface area contributed by atoms with Gasteiger partial charge >= 0.3 is 12.0 Å². The third-order valence-electron chi connectivity index (χ3n) is 16.8. The molecular weight excluding hydrogens is 1280 g/mol. The zero-order valence-electron chi connectivity index (χ0n) is 56.2. The molecule has 29 nitrogen and oxygen atoms in total. The van der Waals surface area contributed by atoms with Crippen LogP contribution in [0.2, 0.25) is 0 Å². The van der Waals surface area contributed by atoms with E-state index in [1.165, 1.54) is 6.07 Å². The Hall–Kier alpha value is -8.42. The summed E-state index contributed by atoms with van der Waals surface area (Å²) in [6.07, 6.45) is 5.33. The Labute approximate surface area is 567 Å². The zero-order chi connectivity index (χ0) is 69.8. The molecule has 5 aromatic rings. The highest BCUT2D eigenvalue weighted by molar-refractivity contribution is 5.99. The lowest BCUT2D eigenvalue weighted by atomic mass is 9.81. The van der Waals surface area contributed by atoms with Crippen molar-refractivity contribution in [2.75, 3.05) is 137 Å². The molecule has 0 spiro atoms. The number of hydrogen-bond donors (Lipinski definition) is 6. The number of nitrogens with one attached hydrogen (secondary N) is 5. The van der Waals surface area contributed by atoms with Crippen molar-refractivity contribution in [2.45, 2.75) is 110 Å². The first-order chi connectivity index (χ1) is 47.6. The number of ether oxygens (including phenoxy) is 10. The molecule has 7 N–H and O–H groups in total. The third kappa shape index (κ3) is 21.8. The highest BCUT2D eigenvalue weighted by Crippen LogP contribution is 2.46. The van der Waals surface area contributed by atoms with E-state index < -0.39 is 47.8 Å². The minimum absolute atomic E-state index is 0.0292. The van der Waals surface area contributed by atoms with Crippen LogP contribution in [0.5, 0.6) is 0 Å². The van der Waals surface area contributed by atoms with E-state index in [1.807, 2.05) is 29.7 Å². The summed E-state index contributed by atoms with van der Waals surface area (Å²) in [6.45, 7) is 14.8. The summed E-state index contributed by atoms with van der Waals surface area (Å²) in [5.74, 6) is -3.57. The van der Waals surface area contributed by atoms with E-state index in [9.17, 15) is 33.6 Å². The van der Waals surface area contributed by atoms with Gasteiger partial charge in [-0.05, 0) is 103 Å². The van der Waals surface area contributed by atoms with Crippen LogP contribution in [0, 0.1) is 18.7 Å². The van der Waals surface area contributed by atoms with Crippen molar-refractivity contribution in [2.24, 2.45) is 16.8 Å². The van der Waals surface area contributed by atoms with Crippen molar-refractivity contribution >= 4 is 52.2 Å². The largest absolute Gasteiger partial charge is 0.460 e. The van der Waals surface area contributed by atoms with Crippen LogP contribution < -0.4 is 37.9 Å². The van der Waals surface area contributed by atoms with Crippen LogP contribution in [0.3, 0.4) is 0 Å². The maximum absolute atomic E-state index is 15.5. The van der Waals surface area contributed by atoms with Crippen LogP contribution in [0.1, 0.15) is 114 Å². The van der Waals surface area contributed by atoms with Gasteiger partial charge in [0.25, 0.3) is 11.5 Å². The number of anilines is 1. The molecule has 532 valence electrons. The number of azide groups is 1. The maximum Gasteiger partial charge on any atom is 0.313 e. The number of hydrogen-bond acceptors (Lipinski definition) is 19. The Morgan fingerprint density at radius 1 is 0.786 bits per heavy atom. The molecule has 0 bridgehead atoms. The molecule has 2 aromatic carbocycles. The van der Waals surface area contributed by atoms with Crippen molar-refractivity contribution in [3.05, 3.63) is 126 Å². The number of benzene rings is 2. The molecule has 2 aliphatic heterocycles. The summed E-state index contributed by atoms with van der Waals surface area (Å²) in [4.78, 5) is 101. The number of rotatable bonds is 45. The first-order valence-electron chi connectivity index (χ1n) is 33.3. The quantitative estimate of drug-likeness (QED) is 0.00896. The number of nitrogens with zero attached hydrogens (tertiary/aromatic N) is 6. The van der Waals surface area contributed by atoms with Gasteiger partial charge in [-0.2, -0.15) is 0 Å². The lowest BCUT2D eigenvalue weighted by Crippen LogP contribution is -2.54. The highest BCUT2D eigenvalue weighted by Gasteiger charge is 2.38. The molecule has 5 heterocycles. The fourth-order valence-corrected chi connectivity index (χ4v) is 11.8. The molecule has 0 saturated heterocycles. The normalized spacial score (nSPS) is 15.0. The van der Waals surface area contributed by atoms with Gasteiger partial charge in [-0.3, -0.25) is 28.8 Å². The molecule has 3 aliphatic rings. The molecule has 0 fully saturated rings. The van der Waals surface area contributed by atoms with Crippen LogP contribution in [0.25, 0.3) is 32.7 Å². The number of fused-ring (bicyclic) bond motifs is 5. The number of urea groups is 1. The summed E-state index contributed by atoms with van der Waals surface area (Å²) in [5, 5.41) is 18.4. The van der Waals surface area contributed by atoms with Gasteiger partial charge < -0.3 is 88.8 Å². The average Bonchev–Trinajstić information content (AvgIpc) is 1.48. The predicted octanol–water partition coefficient (Wildman–Crippen LogP) is 5.55. The number of carbonyl (C=O) groups is 6. The number of cyclic esters (lactones) is 1. The van der Waals surface area contributed by atoms with E-state index in [0.717, 1.165) is 27.6 Å². The van der Waals surface area contributed by atoms with Crippen molar-refractivity contribution < 1.29 is 80.5 Å². The molecule has 8 rings (SSSR count). The fraction of sp³-hybridized carbons (Fsp3) is 0.559. The van der Waals surface area contributed by atoms with E-state index in [4.69, 9.17) is 63.6 Å². The van der Waals surface area contributed by atoms with Crippen LogP contribution in [0.15, 0.2) is 64.8 Å². The number of carbonyl (C=O) groups excluding carboxylic acids is 6. The van der Waals surface area contributed by atoms with Gasteiger partial charge in [0.2, 0.25) is 17.7 Å². The molecule has 0 unspecified atom stereocenters. The lowest BCUT2D eigenvalue weighted by Gasteiger charge is -2.29. The molecule has 3 aromatic heterocycles. The number of aromatic nitrogens is 3. The lowest BCUT2D eigenvalue weighted by molar-refractivity contribution is -0.148. The van der Waals surface area contributed by atoms with Crippen LogP contribution in [-0.2, 0) is 92.7 Å². The number of esters is 1. The molecule has 0 saturated carbocycles. The van der Waals surface area contributed by atoms with E-state index in [0.29, 0.717) is 183 Å². The third-order valence-corrected chi connectivity index (χ3v) is 16.8. The molecular formula is C68H91FN12O17. The summed E-state index contributed by atoms with van der Waals surface area (Å²) in [5.41, 5.74) is 20.3. The van der Waals surface area contributed by atoms with Gasteiger partial charge in [0.05, 0.1) is 165 Å². The number of halogens is 1. The molecule has 98 heavy (non-hydrogen) atoms. The van der Waals surface area contributed by atoms with Crippen molar-refractivity contribution in [3.63, 3.8) is 0 Å². The predicted molar refractivity (Wildman–Crippen MR) is 357 cm³/mol. The van der Waals surface area contributed by atoms with Gasteiger partial charge in [0, 0.05) is 66.1 Å². The second-order valence-corrected chi connectivity index (χ2v) is 24.0. The molecule has 6 amide bonds. The monoisotopic (exact) mass is 1370 g/mol. The summed E-state index contributed by atoms with van der Waals surface area (Å²) in [6, 6.07) is 8.78. The molecule has 30 heteroatoms. The molecule has 4 atom stereocenters. The number of pyridine rings is 2. The number of amides is 6. The van der Waals surface area contributed by atoms with Gasteiger partial charge in [-0.25, -0.2) is 14.2 Å². The Morgan fingerprint density at radius 3 is 1.97 bits per heavy atom. The number of primary amides is 1. The second kappa shape index (κ2) is 39.2. The van der Waals surface area contributed by atoms with E-state index in [1.54, 1.807) is 55.9 Å². The summed E-state index contributed by atoms with van der Waals surface area (Å²) < 4.78 is 73.7. The second-order valence-electron chi connectivity index (χ2n) is 24.0. The smallest absolute Gasteiger partial charge is 0.313 e. The Balaban J connectivity index is 0.719. The topological polar surface area (TPSA) is 369 Å². The van der Waals surface area contributed by atoms with Crippen LogP contribution >= 0.6 is 0 Å². The first kappa shape index (κ1) is 75.4. The number of aryl methyl sites for hydroxylation is 1. The van der Waals surface area contributed by atoms with Crippen molar-refractivity contribution in [1.29, 1.82) is 0 Å². The van der Waals surface area contributed by atoms with Gasteiger partial charge in [0.15, 0.2) is 0 Å². The van der Waals surface area contributed by atoms with Crippen LogP contribution in [-0.4, -0.2) is 194 Å². The highest BCUT2D eigenvalue weighted by atomic mass is 19.1. The first-order valence-corrected chi connectivity index (χ1v) is 33.3. The average molecular weight is 1370 g/mol. The van der Waals surface area contributed by atoms with Crippen molar-refractivity contribution in [1.82, 2.24) is 35.4 Å². The Bertz CT molecular complexity index is 3620. The van der Waals surface area contributed by atoms with Gasteiger partial charge in [-0.15, -0.1) is 0 Å². The van der Waals surface area contributed by atoms with Crippen LogP contribution in [0.4, 0.5) is 14.9 Å². The molecule has 1 aliphatic carbocycles. The minimum atomic E-state index is -1.06. The SMILES string of the molecule is CC[C@H]1C(=O)OCc2c1cc1n(c2=O)Cc2c-1nc1cc(F)c(C)c3c1c2[C@@H](NC(=O)c1ccn(Cc2ccc(NC(=O)[C@H](CCCNC(N)=O)NC(=O)[C@@H](NC(=O)CCOCCOCCOCCOCCOCCOCCOCCOCCOCCN=[N+]=[N-])C(C)C)cc2)c1)CC3. The van der Waals surface area contributed by atoms with Gasteiger partial charge in [-0.1, -0.05) is 38.0 Å². The maximum atomic E-state index is 15.5. The van der Waals surface area contributed by atoms with E-state index in [-0.39, 0.29) is 81.5 Å².